The second-order valence-electron chi connectivity index (χ2n) is 5.02. The lowest BCUT2D eigenvalue weighted by atomic mass is 10.1. The van der Waals surface area contributed by atoms with Crippen molar-refractivity contribution in [1.82, 2.24) is 15.5 Å². The van der Waals surface area contributed by atoms with Crippen LogP contribution in [0.4, 0.5) is 5.82 Å². The number of aryl methyl sites for hydroxylation is 1. The van der Waals surface area contributed by atoms with E-state index in [4.69, 9.17) is 4.74 Å². The number of rotatable bonds is 3. The van der Waals surface area contributed by atoms with Crippen molar-refractivity contribution in [3.8, 4) is 11.3 Å². The summed E-state index contributed by atoms with van der Waals surface area (Å²) in [7, 11) is 0. The number of nitrogens with zero attached hydrogens (tertiary/aromatic N) is 2. The Morgan fingerprint density at radius 2 is 1.86 bits per heavy atom. The van der Waals surface area contributed by atoms with Crippen molar-refractivity contribution in [2.75, 3.05) is 38.2 Å². The lowest BCUT2D eigenvalue weighted by molar-refractivity contribution is 0.109. The van der Waals surface area contributed by atoms with Gasteiger partial charge in [0.15, 0.2) is 5.82 Å². The van der Waals surface area contributed by atoms with Crippen molar-refractivity contribution in [3.63, 3.8) is 0 Å². The van der Waals surface area contributed by atoms with Gasteiger partial charge in [-0.25, -0.2) is 0 Å². The Hall–Kier alpha value is -1.98. The average molecular weight is 300 g/mol. The number of anilines is 1. The maximum atomic E-state index is 5.01. The number of morpholine rings is 1. The van der Waals surface area contributed by atoms with E-state index in [1.807, 2.05) is 44.2 Å². The number of benzene rings is 1. The molecule has 1 saturated heterocycles. The van der Waals surface area contributed by atoms with Crippen LogP contribution in [-0.4, -0.2) is 43.0 Å². The zero-order valence-electron chi connectivity index (χ0n) is 13.3. The number of hydrogen-bond acceptors (Lipinski definition) is 5. The summed E-state index contributed by atoms with van der Waals surface area (Å²) < 4.78 is 5.01. The van der Waals surface area contributed by atoms with Gasteiger partial charge in [0, 0.05) is 25.2 Å². The van der Waals surface area contributed by atoms with E-state index in [-0.39, 0.29) is 0 Å². The topological polar surface area (TPSA) is 59.1 Å². The van der Waals surface area contributed by atoms with Gasteiger partial charge < -0.3 is 15.4 Å². The van der Waals surface area contributed by atoms with E-state index in [9.17, 15) is 0 Å². The molecule has 3 rings (SSSR count). The van der Waals surface area contributed by atoms with Crippen LogP contribution in [0.5, 0.6) is 0 Å². The molecule has 2 N–H and O–H groups in total. The van der Waals surface area contributed by atoms with Crippen molar-refractivity contribution in [2.24, 2.45) is 0 Å². The summed E-state index contributed by atoms with van der Waals surface area (Å²) in [6.07, 6.45) is 0. The highest BCUT2D eigenvalue weighted by molar-refractivity contribution is 5.61. The summed E-state index contributed by atoms with van der Waals surface area (Å²) in [5, 5.41) is 14.7. The molecule has 1 aromatic heterocycles. The van der Waals surface area contributed by atoms with E-state index >= 15 is 0 Å². The molecule has 1 aliphatic heterocycles. The summed E-state index contributed by atoms with van der Waals surface area (Å²) in [4.78, 5) is 0. The maximum Gasteiger partial charge on any atom is 0.151 e. The molecule has 2 aromatic rings. The van der Waals surface area contributed by atoms with Gasteiger partial charge >= 0.3 is 0 Å². The number of hydrogen-bond donors (Lipinski definition) is 2. The van der Waals surface area contributed by atoms with E-state index in [1.54, 1.807) is 0 Å². The van der Waals surface area contributed by atoms with Crippen molar-refractivity contribution in [1.29, 1.82) is 0 Å². The second kappa shape index (κ2) is 9.12. The maximum absolute atomic E-state index is 5.01. The standard InChI is InChI=1S/C13H15N3.C4H9NO/c1-3-14-13-10(2)9-12(15-16-13)11-7-5-4-6-8-11;1-3-6-4-2-5-1/h4-9H,3H2,1-2H3,(H,14,16);5H,1-4H2. The van der Waals surface area contributed by atoms with Crippen molar-refractivity contribution in [3.05, 3.63) is 42.0 Å². The third-order valence-electron chi connectivity index (χ3n) is 3.24. The highest BCUT2D eigenvalue weighted by atomic mass is 16.5. The molecule has 0 bridgehead atoms. The predicted molar refractivity (Wildman–Crippen MR) is 90.1 cm³/mol. The zero-order chi connectivity index (χ0) is 15.6. The molecule has 0 unspecified atom stereocenters. The SMILES string of the molecule is C1COCCN1.CCNc1nnc(-c2ccccc2)cc1C. The Morgan fingerprint density at radius 3 is 2.36 bits per heavy atom. The van der Waals surface area contributed by atoms with Gasteiger partial charge in [0.2, 0.25) is 0 Å². The molecule has 5 nitrogen and oxygen atoms in total. The monoisotopic (exact) mass is 300 g/mol. The van der Waals surface area contributed by atoms with Gasteiger partial charge in [0.05, 0.1) is 18.9 Å². The predicted octanol–water partition coefficient (Wildman–Crippen LogP) is 2.49. The molecule has 118 valence electrons. The van der Waals surface area contributed by atoms with Crippen LogP contribution >= 0.6 is 0 Å². The van der Waals surface area contributed by atoms with E-state index in [1.165, 1.54) is 0 Å². The van der Waals surface area contributed by atoms with Crippen LogP contribution in [0.15, 0.2) is 36.4 Å². The van der Waals surface area contributed by atoms with Crippen molar-refractivity contribution >= 4 is 5.82 Å². The largest absolute Gasteiger partial charge is 0.379 e. The lowest BCUT2D eigenvalue weighted by Gasteiger charge is -2.10. The fourth-order valence-corrected chi connectivity index (χ4v) is 2.09. The molecule has 0 amide bonds. The summed E-state index contributed by atoms with van der Waals surface area (Å²) in [5.41, 5.74) is 3.14. The minimum absolute atomic E-state index is 0.861. The van der Waals surface area contributed by atoms with Crippen molar-refractivity contribution < 1.29 is 4.74 Å². The number of nitrogens with one attached hydrogen (secondary N) is 2. The first-order valence-electron chi connectivity index (χ1n) is 7.73. The molecular weight excluding hydrogens is 276 g/mol. The molecule has 0 saturated carbocycles. The Labute approximate surface area is 132 Å². The van der Waals surface area contributed by atoms with Gasteiger partial charge in [0.25, 0.3) is 0 Å². The zero-order valence-corrected chi connectivity index (χ0v) is 13.3. The Bertz CT molecular complexity index is 544. The van der Waals surface area contributed by atoms with E-state index in [0.29, 0.717) is 0 Å². The molecule has 5 heteroatoms. The van der Waals surface area contributed by atoms with Gasteiger partial charge in [-0.3, -0.25) is 0 Å². The third kappa shape index (κ3) is 5.09. The van der Waals surface area contributed by atoms with Crippen LogP contribution in [0, 0.1) is 6.92 Å². The third-order valence-corrected chi connectivity index (χ3v) is 3.24. The summed E-state index contributed by atoms with van der Waals surface area (Å²) >= 11 is 0. The van der Waals surface area contributed by atoms with Crippen LogP contribution in [0.25, 0.3) is 11.3 Å². The van der Waals surface area contributed by atoms with Crippen LogP contribution in [0.3, 0.4) is 0 Å². The van der Waals surface area contributed by atoms with Gasteiger partial charge in [-0.15, -0.1) is 10.2 Å². The Balaban J connectivity index is 0.000000246. The summed E-state index contributed by atoms with van der Waals surface area (Å²) in [5.74, 6) is 0.863. The molecule has 0 spiro atoms. The van der Waals surface area contributed by atoms with Crippen LogP contribution in [-0.2, 0) is 4.74 Å². The molecule has 1 aromatic carbocycles. The second-order valence-corrected chi connectivity index (χ2v) is 5.02. The fraction of sp³-hybridized carbons (Fsp3) is 0.412. The minimum Gasteiger partial charge on any atom is -0.379 e. The van der Waals surface area contributed by atoms with Crippen molar-refractivity contribution in [2.45, 2.75) is 13.8 Å². The van der Waals surface area contributed by atoms with E-state index in [0.717, 1.165) is 55.5 Å². The Kier molecular flexibility index (Phi) is 6.80. The van der Waals surface area contributed by atoms with Crippen LogP contribution < -0.4 is 10.6 Å². The first-order chi connectivity index (χ1) is 10.8. The molecule has 2 heterocycles. The number of aromatic nitrogens is 2. The van der Waals surface area contributed by atoms with E-state index < -0.39 is 0 Å². The van der Waals surface area contributed by atoms with Crippen LogP contribution in [0.2, 0.25) is 0 Å². The summed E-state index contributed by atoms with van der Waals surface area (Å²) in [6.45, 7) is 8.78. The fourth-order valence-electron chi connectivity index (χ4n) is 2.09. The molecule has 1 aliphatic rings. The smallest absolute Gasteiger partial charge is 0.151 e. The van der Waals surface area contributed by atoms with Gasteiger partial charge in [-0.1, -0.05) is 30.3 Å². The highest BCUT2D eigenvalue weighted by Crippen LogP contribution is 2.19. The first kappa shape index (κ1) is 16.4. The Morgan fingerprint density at radius 1 is 1.14 bits per heavy atom. The average Bonchev–Trinajstić information content (AvgIpc) is 2.60. The normalized spacial score (nSPS) is 13.9. The molecular formula is C17H24N4O. The summed E-state index contributed by atoms with van der Waals surface area (Å²) in [6, 6.07) is 12.1. The van der Waals surface area contributed by atoms with Gasteiger partial charge in [0.1, 0.15) is 0 Å². The molecule has 0 aliphatic carbocycles. The van der Waals surface area contributed by atoms with E-state index in [2.05, 4.69) is 26.9 Å². The minimum atomic E-state index is 0.861. The lowest BCUT2D eigenvalue weighted by Crippen LogP contribution is -2.30. The van der Waals surface area contributed by atoms with Crippen LogP contribution in [0.1, 0.15) is 12.5 Å². The molecule has 0 radical (unpaired) electrons. The molecule has 1 fully saturated rings. The first-order valence-corrected chi connectivity index (χ1v) is 7.73. The quantitative estimate of drug-likeness (QED) is 0.912. The number of ether oxygens (including phenoxy) is 1. The molecule has 22 heavy (non-hydrogen) atoms. The highest BCUT2D eigenvalue weighted by Gasteiger charge is 2.03. The van der Waals surface area contributed by atoms with Gasteiger partial charge in [-0.2, -0.15) is 0 Å². The van der Waals surface area contributed by atoms with Gasteiger partial charge in [-0.05, 0) is 25.5 Å². The molecule has 0 atom stereocenters.